The molecule has 1 aliphatic heterocycles. The average Bonchev–Trinajstić information content (AvgIpc) is 2.63. The zero-order valence-electron chi connectivity index (χ0n) is 14.4. The van der Waals surface area contributed by atoms with E-state index in [0.29, 0.717) is 18.5 Å². The number of piperidine rings is 1. The van der Waals surface area contributed by atoms with Gasteiger partial charge in [0.1, 0.15) is 5.75 Å². The summed E-state index contributed by atoms with van der Waals surface area (Å²) < 4.78 is 0. The number of pyridine rings is 1. The van der Waals surface area contributed by atoms with E-state index in [4.69, 9.17) is 0 Å². The third kappa shape index (κ3) is 3.83. The Morgan fingerprint density at radius 3 is 2.77 bits per heavy atom. The summed E-state index contributed by atoms with van der Waals surface area (Å²) >= 11 is 0. The van der Waals surface area contributed by atoms with E-state index in [9.17, 15) is 19.8 Å². The van der Waals surface area contributed by atoms with Crippen LogP contribution in [-0.2, 0) is 0 Å². The number of aromatic hydroxyl groups is 1. The van der Waals surface area contributed by atoms with E-state index >= 15 is 0 Å². The van der Waals surface area contributed by atoms with E-state index < -0.39 is 12.1 Å². The summed E-state index contributed by atoms with van der Waals surface area (Å²) in [6.45, 7) is 2.29. The topological polar surface area (TPSA) is 103 Å². The number of amides is 2. The summed E-state index contributed by atoms with van der Waals surface area (Å²) in [6.07, 6.45) is 2.57. The van der Waals surface area contributed by atoms with Crippen LogP contribution in [0.5, 0.6) is 5.75 Å². The highest BCUT2D eigenvalue weighted by Crippen LogP contribution is 2.22. The Morgan fingerprint density at radius 1 is 1.31 bits per heavy atom. The lowest BCUT2D eigenvalue weighted by atomic mass is 10.00. The number of phenols is 1. The van der Waals surface area contributed by atoms with E-state index in [-0.39, 0.29) is 29.7 Å². The van der Waals surface area contributed by atoms with Crippen LogP contribution in [0.4, 0.5) is 0 Å². The van der Waals surface area contributed by atoms with Crippen molar-refractivity contribution in [3.63, 3.8) is 0 Å². The fourth-order valence-electron chi connectivity index (χ4n) is 3.03. The van der Waals surface area contributed by atoms with E-state index in [0.717, 1.165) is 5.56 Å². The number of β-amino-alcohol motifs (C(OH)–C–C–N with tert-alkyl or cyclic N) is 1. The number of aryl methyl sites for hydroxylation is 1. The molecule has 2 aromatic rings. The molecule has 0 unspecified atom stereocenters. The van der Waals surface area contributed by atoms with Crippen LogP contribution in [-0.4, -0.2) is 57.1 Å². The molecule has 7 heteroatoms. The first kappa shape index (κ1) is 17.9. The molecule has 0 bridgehead atoms. The van der Waals surface area contributed by atoms with E-state index in [1.165, 1.54) is 17.2 Å². The van der Waals surface area contributed by atoms with Crippen molar-refractivity contribution in [3.8, 4) is 5.75 Å². The lowest BCUT2D eigenvalue weighted by Crippen LogP contribution is -2.55. The lowest BCUT2D eigenvalue weighted by Gasteiger charge is -2.36. The molecule has 7 nitrogen and oxygen atoms in total. The molecule has 1 fully saturated rings. The standard InChI is InChI=1S/C19H21N3O4/c1-12-4-5-14(16(23)9-12)19(26)22-8-6-15(17(24)11-22)21-18(25)13-3-2-7-20-10-13/h2-5,7,9-10,15,17,23-24H,6,8,11H2,1H3,(H,21,25)/t15-,17-/m1/s1. The Labute approximate surface area is 151 Å². The highest BCUT2D eigenvalue weighted by atomic mass is 16.3. The molecule has 3 rings (SSSR count). The number of nitrogens with zero attached hydrogens (tertiary/aromatic N) is 2. The van der Waals surface area contributed by atoms with Crippen LogP contribution in [0.15, 0.2) is 42.7 Å². The summed E-state index contributed by atoms with van der Waals surface area (Å²) in [5.74, 6) is -0.715. The molecule has 2 heterocycles. The number of nitrogens with one attached hydrogen (secondary N) is 1. The summed E-state index contributed by atoms with van der Waals surface area (Å²) in [6, 6.07) is 7.73. The Bertz CT molecular complexity index is 810. The lowest BCUT2D eigenvalue weighted by molar-refractivity contribution is 0.0313. The van der Waals surface area contributed by atoms with Crippen molar-refractivity contribution < 1.29 is 19.8 Å². The van der Waals surface area contributed by atoms with E-state index in [2.05, 4.69) is 10.3 Å². The fourth-order valence-corrected chi connectivity index (χ4v) is 3.03. The van der Waals surface area contributed by atoms with Crippen LogP contribution in [0.3, 0.4) is 0 Å². The monoisotopic (exact) mass is 355 g/mol. The summed E-state index contributed by atoms with van der Waals surface area (Å²) in [7, 11) is 0. The minimum Gasteiger partial charge on any atom is -0.507 e. The van der Waals surface area contributed by atoms with Gasteiger partial charge in [0.2, 0.25) is 0 Å². The van der Waals surface area contributed by atoms with Crippen molar-refractivity contribution in [3.05, 3.63) is 59.4 Å². The van der Waals surface area contributed by atoms with Crippen LogP contribution in [0.2, 0.25) is 0 Å². The van der Waals surface area contributed by atoms with Gasteiger partial charge < -0.3 is 20.4 Å². The minimum absolute atomic E-state index is 0.0727. The summed E-state index contributed by atoms with van der Waals surface area (Å²) in [4.78, 5) is 30.2. The number of carbonyl (C=O) groups is 2. The Balaban J connectivity index is 1.63. The van der Waals surface area contributed by atoms with Crippen molar-refractivity contribution in [1.82, 2.24) is 15.2 Å². The van der Waals surface area contributed by atoms with Crippen molar-refractivity contribution in [1.29, 1.82) is 0 Å². The molecular formula is C19H21N3O4. The number of aromatic nitrogens is 1. The largest absolute Gasteiger partial charge is 0.507 e. The van der Waals surface area contributed by atoms with Gasteiger partial charge in [-0.1, -0.05) is 6.07 Å². The molecule has 1 aromatic carbocycles. The number of hydrogen-bond acceptors (Lipinski definition) is 5. The molecule has 0 spiro atoms. The number of aliphatic hydroxyl groups is 1. The van der Waals surface area contributed by atoms with Crippen LogP contribution < -0.4 is 5.32 Å². The van der Waals surface area contributed by atoms with Gasteiger partial charge in [0.05, 0.1) is 23.3 Å². The molecule has 0 radical (unpaired) electrons. The normalized spacial score (nSPS) is 19.8. The van der Waals surface area contributed by atoms with Crippen molar-refractivity contribution in [2.24, 2.45) is 0 Å². The zero-order chi connectivity index (χ0) is 18.7. The second-order valence-electron chi connectivity index (χ2n) is 6.45. The highest BCUT2D eigenvalue weighted by Gasteiger charge is 2.32. The van der Waals surface area contributed by atoms with Gasteiger partial charge in [0.15, 0.2) is 0 Å². The molecule has 136 valence electrons. The third-order valence-corrected chi connectivity index (χ3v) is 4.49. The van der Waals surface area contributed by atoms with Crippen molar-refractivity contribution >= 4 is 11.8 Å². The first-order chi connectivity index (χ1) is 12.5. The highest BCUT2D eigenvalue weighted by molar-refractivity contribution is 5.97. The summed E-state index contributed by atoms with van der Waals surface area (Å²) in [5, 5.41) is 23.1. The van der Waals surface area contributed by atoms with Gasteiger partial charge in [0.25, 0.3) is 11.8 Å². The third-order valence-electron chi connectivity index (χ3n) is 4.49. The first-order valence-corrected chi connectivity index (χ1v) is 8.43. The van der Waals surface area contributed by atoms with Crippen LogP contribution in [0.25, 0.3) is 0 Å². The predicted molar refractivity (Wildman–Crippen MR) is 94.9 cm³/mol. The number of aliphatic hydroxyl groups excluding tert-OH is 1. The fraction of sp³-hybridized carbons (Fsp3) is 0.316. The summed E-state index contributed by atoms with van der Waals surface area (Å²) in [5.41, 5.74) is 1.49. The number of rotatable bonds is 3. The van der Waals surface area contributed by atoms with Gasteiger partial charge in [0, 0.05) is 25.5 Å². The molecule has 26 heavy (non-hydrogen) atoms. The zero-order valence-corrected chi connectivity index (χ0v) is 14.4. The number of hydrogen-bond donors (Lipinski definition) is 3. The molecular weight excluding hydrogens is 334 g/mol. The number of phenolic OH excluding ortho intramolecular Hbond substituents is 1. The van der Waals surface area contributed by atoms with Gasteiger partial charge in [-0.25, -0.2) is 0 Å². The molecule has 2 atom stereocenters. The minimum atomic E-state index is -0.888. The van der Waals surface area contributed by atoms with Crippen molar-refractivity contribution in [2.75, 3.05) is 13.1 Å². The molecule has 1 saturated heterocycles. The van der Waals surface area contributed by atoms with Gasteiger partial charge in [-0.05, 0) is 43.2 Å². The Kier molecular flexibility index (Phi) is 5.18. The molecule has 1 aromatic heterocycles. The SMILES string of the molecule is Cc1ccc(C(=O)N2CC[C@@H](NC(=O)c3cccnc3)[C@H](O)C2)c(O)c1. The van der Waals surface area contributed by atoms with Gasteiger partial charge in [-0.15, -0.1) is 0 Å². The smallest absolute Gasteiger partial charge is 0.257 e. The maximum Gasteiger partial charge on any atom is 0.257 e. The van der Waals surface area contributed by atoms with Crippen LogP contribution in [0, 0.1) is 6.92 Å². The second-order valence-corrected chi connectivity index (χ2v) is 6.45. The van der Waals surface area contributed by atoms with Gasteiger partial charge in [-0.3, -0.25) is 14.6 Å². The van der Waals surface area contributed by atoms with Crippen LogP contribution >= 0.6 is 0 Å². The predicted octanol–water partition coefficient (Wildman–Crippen LogP) is 1.10. The first-order valence-electron chi connectivity index (χ1n) is 8.43. The second kappa shape index (κ2) is 7.53. The molecule has 3 N–H and O–H groups in total. The number of carbonyl (C=O) groups excluding carboxylic acids is 2. The molecule has 0 aliphatic carbocycles. The average molecular weight is 355 g/mol. The molecule has 2 amide bonds. The Hall–Kier alpha value is -2.93. The van der Waals surface area contributed by atoms with Gasteiger partial charge >= 0.3 is 0 Å². The van der Waals surface area contributed by atoms with E-state index in [1.807, 2.05) is 6.92 Å². The maximum absolute atomic E-state index is 12.6. The van der Waals surface area contributed by atoms with E-state index in [1.54, 1.807) is 30.5 Å². The number of benzene rings is 1. The quantitative estimate of drug-likeness (QED) is 0.765. The molecule has 0 saturated carbocycles. The van der Waals surface area contributed by atoms with Crippen LogP contribution in [0.1, 0.15) is 32.7 Å². The number of likely N-dealkylation sites (tertiary alicyclic amines) is 1. The van der Waals surface area contributed by atoms with Crippen molar-refractivity contribution in [2.45, 2.75) is 25.5 Å². The van der Waals surface area contributed by atoms with Gasteiger partial charge in [-0.2, -0.15) is 0 Å². The maximum atomic E-state index is 12.6. The molecule has 1 aliphatic rings. The Morgan fingerprint density at radius 2 is 2.12 bits per heavy atom.